The third-order valence-electron chi connectivity index (χ3n) is 2.65. The van der Waals surface area contributed by atoms with Crippen LogP contribution in [0.2, 0.25) is 0 Å². The van der Waals surface area contributed by atoms with Gasteiger partial charge in [0.15, 0.2) is 0 Å². The minimum Gasteiger partial charge on any atom is -0.481 e. The normalized spacial score (nSPS) is 11.5. The molecule has 0 heterocycles. The van der Waals surface area contributed by atoms with Crippen LogP contribution >= 0.6 is 0 Å². The molecule has 0 bridgehead atoms. The van der Waals surface area contributed by atoms with Gasteiger partial charge in [0.05, 0.1) is 12.0 Å². The van der Waals surface area contributed by atoms with Gasteiger partial charge in [-0.1, -0.05) is 24.3 Å². The maximum absolute atomic E-state index is 10.9. The van der Waals surface area contributed by atoms with E-state index >= 15 is 0 Å². The molecule has 4 heteroatoms. The lowest BCUT2D eigenvalue weighted by Crippen LogP contribution is -2.35. The molecule has 0 aliphatic heterocycles. The van der Waals surface area contributed by atoms with Crippen LogP contribution in [0.5, 0.6) is 0 Å². The lowest BCUT2D eigenvalue weighted by Gasteiger charge is -2.19. The van der Waals surface area contributed by atoms with Gasteiger partial charge in [-0.2, -0.15) is 0 Å². The van der Waals surface area contributed by atoms with Gasteiger partial charge in [-0.25, -0.2) is 0 Å². The van der Waals surface area contributed by atoms with Gasteiger partial charge in [0.2, 0.25) is 0 Å². The number of hydrogen-bond donors (Lipinski definition) is 3. The van der Waals surface area contributed by atoms with Crippen LogP contribution in [0.25, 0.3) is 0 Å². The minimum atomic E-state index is -0.811. The molecule has 0 aromatic heterocycles. The van der Waals surface area contributed by atoms with Crippen molar-refractivity contribution in [1.29, 1.82) is 0 Å². The van der Waals surface area contributed by atoms with Crippen LogP contribution in [0.1, 0.15) is 25.0 Å². The van der Waals surface area contributed by atoms with Gasteiger partial charge in [0, 0.05) is 13.1 Å². The highest BCUT2D eigenvalue weighted by molar-refractivity contribution is 5.73. The molecule has 0 aliphatic rings. The molecule has 0 atom stereocenters. The van der Waals surface area contributed by atoms with Crippen LogP contribution in [0.15, 0.2) is 24.3 Å². The lowest BCUT2D eigenvalue weighted by molar-refractivity contribution is -0.146. The Hall–Kier alpha value is -1.39. The minimum absolute atomic E-state index is 0.0223. The Kier molecular flexibility index (Phi) is 4.66. The van der Waals surface area contributed by atoms with Crippen LogP contribution < -0.4 is 5.32 Å². The van der Waals surface area contributed by atoms with Crippen molar-refractivity contribution in [3.8, 4) is 0 Å². The second kappa shape index (κ2) is 5.80. The second-order valence-corrected chi connectivity index (χ2v) is 4.77. The predicted molar refractivity (Wildman–Crippen MR) is 65.5 cm³/mol. The Bertz CT molecular complexity index is 388. The van der Waals surface area contributed by atoms with Gasteiger partial charge in [0.1, 0.15) is 0 Å². The van der Waals surface area contributed by atoms with E-state index in [2.05, 4.69) is 5.32 Å². The van der Waals surface area contributed by atoms with Crippen molar-refractivity contribution < 1.29 is 15.0 Å². The van der Waals surface area contributed by atoms with E-state index in [1.807, 2.05) is 24.3 Å². The SMILES string of the molecule is CC(C)(CNCc1cccc(CO)c1)C(=O)O. The molecule has 0 fully saturated rings. The van der Waals surface area contributed by atoms with E-state index in [9.17, 15) is 4.79 Å². The smallest absolute Gasteiger partial charge is 0.310 e. The number of rotatable bonds is 6. The van der Waals surface area contributed by atoms with Crippen molar-refractivity contribution >= 4 is 5.97 Å². The Morgan fingerprint density at radius 3 is 2.59 bits per heavy atom. The fourth-order valence-corrected chi connectivity index (χ4v) is 1.43. The number of nitrogens with one attached hydrogen (secondary N) is 1. The summed E-state index contributed by atoms with van der Waals surface area (Å²) >= 11 is 0. The highest BCUT2D eigenvalue weighted by atomic mass is 16.4. The van der Waals surface area contributed by atoms with E-state index in [4.69, 9.17) is 10.2 Å². The Balaban J connectivity index is 2.48. The molecule has 4 nitrogen and oxygen atoms in total. The van der Waals surface area contributed by atoms with E-state index in [0.717, 1.165) is 11.1 Å². The molecule has 0 saturated carbocycles. The fourth-order valence-electron chi connectivity index (χ4n) is 1.43. The van der Waals surface area contributed by atoms with E-state index in [0.29, 0.717) is 13.1 Å². The van der Waals surface area contributed by atoms with Crippen molar-refractivity contribution in [3.05, 3.63) is 35.4 Å². The molecule has 94 valence electrons. The Morgan fingerprint density at radius 1 is 1.35 bits per heavy atom. The van der Waals surface area contributed by atoms with Gasteiger partial charge < -0.3 is 15.5 Å². The molecule has 0 aliphatic carbocycles. The van der Waals surface area contributed by atoms with Crippen molar-refractivity contribution in [2.75, 3.05) is 6.54 Å². The summed E-state index contributed by atoms with van der Waals surface area (Å²) in [6.45, 7) is 4.41. The molecule has 1 aromatic carbocycles. The van der Waals surface area contributed by atoms with E-state index in [1.165, 1.54) is 0 Å². The third kappa shape index (κ3) is 4.17. The maximum atomic E-state index is 10.9. The Labute approximate surface area is 101 Å². The van der Waals surface area contributed by atoms with Gasteiger partial charge in [-0.15, -0.1) is 0 Å². The first kappa shape index (κ1) is 13.7. The van der Waals surface area contributed by atoms with Gasteiger partial charge in [0.25, 0.3) is 0 Å². The molecular weight excluding hydrogens is 218 g/mol. The Morgan fingerprint density at radius 2 is 2.00 bits per heavy atom. The first-order valence-corrected chi connectivity index (χ1v) is 5.58. The van der Waals surface area contributed by atoms with Crippen molar-refractivity contribution in [3.63, 3.8) is 0 Å². The summed E-state index contributed by atoms with van der Waals surface area (Å²) in [6.07, 6.45) is 0. The van der Waals surface area contributed by atoms with E-state index in [1.54, 1.807) is 13.8 Å². The van der Waals surface area contributed by atoms with Crippen LogP contribution in [0.3, 0.4) is 0 Å². The maximum Gasteiger partial charge on any atom is 0.310 e. The standard InChI is InChI=1S/C13H19NO3/c1-13(2,12(16)17)9-14-7-10-4-3-5-11(6-10)8-15/h3-6,14-15H,7-9H2,1-2H3,(H,16,17). The summed E-state index contributed by atoms with van der Waals surface area (Å²) in [7, 11) is 0. The number of carboxylic acid groups (broad SMARTS) is 1. The van der Waals surface area contributed by atoms with Gasteiger partial charge in [-0.3, -0.25) is 4.79 Å². The van der Waals surface area contributed by atoms with Gasteiger partial charge >= 0.3 is 5.97 Å². The monoisotopic (exact) mass is 237 g/mol. The predicted octanol–water partition coefficient (Wildman–Crippen LogP) is 1.38. The number of aliphatic hydroxyl groups is 1. The molecule has 0 unspecified atom stereocenters. The topological polar surface area (TPSA) is 69.6 Å². The van der Waals surface area contributed by atoms with E-state index in [-0.39, 0.29) is 6.61 Å². The number of aliphatic carboxylic acids is 1. The molecule has 1 rings (SSSR count). The van der Waals surface area contributed by atoms with Crippen LogP contribution in [-0.2, 0) is 17.9 Å². The number of hydrogen-bond acceptors (Lipinski definition) is 3. The number of carbonyl (C=O) groups is 1. The van der Waals surface area contributed by atoms with Crippen molar-refractivity contribution in [2.45, 2.75) is 27.0 Å². The second-order valence-electron chi connectivity index (χ2n) is 4.77. The highest BCUT2D eigenvalue weighted by Crippen LogP contribution is 2.13. The van der Waals surface area contributed by atoms with Crippen LogP contribution in [0.4, 0.5) is 0 Å². The molecule has 17 heavy (non-hydrogen) atoms. The molecule has 0 saturated heterocycles. The molecular formula is C13H19NO3. The summed E-state index contributed by atoms with van der Waals surface area (Å²) in [5, 5.41) is 21.1. The lowest BCUT2D eigenvalue weighted by atomic mass is 9.94. The van der Waals surface area contributed by atoms with Crippen molar-refractivity contribution in [1.82, 2.24) is 5.32 Å². The number of carboxylic acids is 1. The molecule has 3 N–H and O–H groups in total. The molecule has 0 spiro atoms. The summed E-state index contributed by atoms with van der Waals surface area (Å²) in [5.74, 6) is -0.811. The average molecular weight is 237 g/mol. The first-order valence-electron chi connectivity index (χ1n) is 5.58. The zero-order valence-corrected chi connectivity index (χ0v) is 10.2. The first-order chi connectivity index (χ1) is 7.95. The summed E-state index contributed by atoms with van der Waals surface area (Å²) in [6, 6.07) is 7.58. The zero-order chi connectivity index (χ0) is 12.9. The molecule has 1 aromatic rings. The fraction of sp³-hybridized carbons (Fsp3) is 0.462. The molecule has 0 amide bonds. The van der Waals surface area contributed by atoms with Gasteiger partial charge in [-0.05, 0) is 25.0 Å². The summed E-state index contributed by atoms with van der Waals surface area (Å²) in [4.78, 5) is 10.9. The number of aliphatic hydroxyl groups excluding tert-OH is 1. The van der Waals surface area contributed by atoms with E-state index < -0.39 is 11.4 Å². The van der Waals surface area contributed by atoms with Crippen molar-refractivity contribution in [2.24, 2.45) is 5.41 Å². The third-order valence-corrected chi connectivity index (χ3v) is 2.65. The summed E-state index contributed by atoms with van der Waals surface area (Å²) < 4.78 is 0. The molecule has 0 radical (unpaired) electrons. The average Bonchev–Trinajstić information content (AvgIpc) is 2.29. The quantitative estimate of drug-likeness (QED) is 0.699. The highest BCUT2D eigenvalue weighted by Gasteiger charge is 2.26. The number of benzene rings is 1. The summed E-state index contributed by atoms with van der Waals surface area (Å²) in [5.41, 5.74) is 1.13. The van der Waals surface area contributed by atoms with Crippen LogP contribution in [0, 0.1) is 5.41 Å². The zero-order valence-electron chi connectivity index (χ0n) is 10.2. The largest absolute Gasteiger partial charge is 0.481 e. The van der Waals surface area contributed by atoms with Crippen LogP contribution in [-0.4, -0.2) is 22.7 Å².